The number of phenols is 3. The van der Waals surface area contributed by atoms with Gasteiger partial charge in [0, 0.05) is 16.7 Å². The summed E-state index contributed by atoms with van der Waals surface area (Å²) in [6.45, 7) is 0. The van der Waals surface area contributed by atoms with Crippen LogP contribution in [0.25, 0.3) is 0 Å². The van der Waals surface area contributed by atoms with Gasteiger partial charge in [0.25, 0.3) is 5.91 Å². The van der Waals surface area contributed by atoms with Gasteiger partial charge in [-0.3, -0.25) is 4.79 Å². The van der Waals surface area contributed by atoms with E-state index in [9.17, 15) is 15.0 Å². The quantitative estimate of drug-likeness (QED) is 0.516. The Balaban J connectivity index is 2.10. The second kappa shape index (κ2) is 6.15. The van der Waals surface area contributed by atoms with Gasteiger partial charge in [-0.2, -0.15) is 5.10 Å². The zero-order valence-corrected chi connectivity index (χ0v) is 11.4. The van der Waals surface area contributed by atoms with Crippen molar-refractivity contribution in [1.29, 1.82) is 0 Å². The topological polar surface area (TPSA) is 102 Å². The first kappa shape index (κ1) is 14.7. The molecule has 0 aliphatic heterocycles. The van der Waals surface area contributed by atoms with Crippen LogP contribution >= 0.6 is 11.6 Å². The predicted octanol–water partition coefficient (Wildman–Crippen LogP) is 2.22. The molecule has 0 fully saturated rings. The van der Waals surface area contributed by atoms with Crippen LogP contribution < -0.4 is 5.43 Å². The van der Waals surface area contributed by atoms with Gasteiger partial charge in [0.2, 0.25) is 0 Å². The molecule has 0 atom stereocenters. The first-order valence-corrected chi connectivity index (χ1v) is 6.19. The molecule has 2 aromatic carbocycles. The minimum Gasteiger partial charge on any atom is -0.508 e. The first-order chi connectivity index (χ1) is 9.97. The number of hydrogen-bond acceptors (Lipinski definition) is 5. The molecule has 21 heavy (non-hydrogen) atoms. The molecule has 0 aliphatic rings. The van der Waals surface area contributed by atoms with E-state index in [1.54, 1.807) is 0 Å². The molecule has 1 amide bonds. The molecular formula is C14H11ClN2O4. The van der Waals surface area contributed by atoms with Crippen LogP contribution in [0.5, 0.6) is 17.2 Å². The minimum absolute atomic E-state index is 0.0371. The van der Waals surface area contributed by atoms with Crippen LogP contribution in [-0.4, -0.2) is 27.4 Å². The van der Waals surface area contributed by atoms with Crippen LogP contribution in [-0.2, 0) is 0 Å². The summed E-state index contributed by atoms with van der Waals surface area (Å²) in [5, 5.41) is 32.3. The number of amides is 1. The van der Waals surface area contributed by atoms with Crippen molar-refractivity contribution >= 4 is 23.7 Å². The Morgan fingerprint density at radius 1 is 1.10 bits per heavy atom. The molecule has 2 aromatic rings. The summed E-state index contributed by atoms with van der Waals surface area (Å²) >= 11 is 5.77. The van der Waals surface area contributed by atoms with Crippen molar-refractivity contribution in [3.05, 3.63) is 52.5 Å². The maximum Gasteiger partial charge on any atom is 0.275 e. The molecule has 4 N–H and O–H groups in total. The highest BCUT2D eigenvalue weighted by Crippen LogP contribution is 2.22. The van der Waals surface area contributed by atoms with E-state index in [4.69, 9.17) is 16.7 Å². The number of aromatic hydroxyl groups is 3. The van der Waals surface area contributed by atoms with Crippen LogP contribution in [0.15, 0.2) is 41.5 Å². The van der Waals surface area contributed by atoms with E-state index in [1.807, 2.05) is 0 Å². The van der Waals surface area contributed by atoms with Crippen LogP contribution in [0.3, 0.4) is 0 Å². The van der Waals surface area contributed by atoms with Gasteiger partial charge in [-0.05, 0) is 30.3 Å². The van der Waals surface area contributed by atoms with Gasteiger partial charge in [0.1, 0.15) is 17.2 Å². The zero-order chi connectivity index (χ0) is 15.4. The number of hydrogen-bond donors (Lipinski definition) is 4. The third-order valence-electron chi connectivity index (χ3n) is 2.59. The lowest BCUT2D eigenvalue weighted by Gasteiger charge is -2.03. The maximum absolute atomic E-state index is 11.8. The van der Waals surface area contributed by atoms with Gasteiger partial charge in [0.15, 0.2) is 0 Å². The number of carbonyl (C=O) groups excluding carboxylic acids is 1. The van der Waals surface area contributed by atoms with E-state index in [-0.39, 0.29) is 22.8 Å². The van der Waals surface area contributed by atoms with Gasteiger partial charge in [0.05, 0.1) is 11.8 Å². The van der Waals surface area contributed by atoms with E-state index in [2.05, 4.69) is 10.5 Å². The fourth-order valence-electron chi connectivity index (χ4n) is 1.56. The summed E-state index contributed by atoms with van der Waals surface area (Å²) in [4.78, 5) is 11.8. The molecule has 0 radical (unpaired) electrons. The monoisotopic (exact) mass is 306 g/mol. The number of rotatable bonds is 3. The van der Waals surface area contributed by atoms with E-state index >= 15 is 0 Å². The van der Waals surface area contributed by atoms with Gasteiger partial charge in [-0.25, -0.2) is 5.43 Å². The van der Waals surface area contributed by atoms with Crippen molar-refractivity contribution in [3.8, 4) is 17.2 Å². The molecule has 0 saturated carbocycles. The van der Waals surface area contributed by atoms with Gasteiger partial charge >= 0.3 is 0 Å². The van der Waals surface area contributed by atoms with Crippen molar-refractivity contribution in [2.24, 2.45) is 5.10 Å². The Morgan fingerprint density at radius 2 is 1.86 bits per heavy atom. The molecule has 2 rings (SSSR count). The number of nitrogens with zero attached hydrogens (tertiary/aromatic N) is 1. The molecule has 0 aromatic heterocycles. The lowest BCUT2D eigenvalue weighted by atomic mass is 10.2. The Bertz CT molecular complexity index is 716. The average Bonchev–Trinajstić information content (AvgIpc) is 2.42. The highest BCUT2D eigenvalue weighted by molar-refractivity contribution is 6.30. The minimum atomic E-state index is -0.662. The van der Waals surface area contributed by atoms with Crippen molar-refractivity contribution in [2.45, 2.75) is 0 Å². The Kier molecular flexibility index (Phi) is 4.30. The summed E-state index contributed by atoms with van der Waals surface area (Å²) in [5.74, 6) is -1.22. The number of benzene rings is 2. The maximum atomic E-state index is 11.8. The Labute approximate surface area is 124 Å². The summed E-state index contributed by atoms with van der Waals surface area (Å²) in [5.41, 5.74) is 2.48. The highest BCUT2D eigenvalue weighted by atomic mass is 35.5. The molecule has 0 bridgehead atoms. The fraction of sp³-hybridized carbons (Fsp3) is 0. The second-order valence-corrected chi connectivity index (χ2v) is 4.54. The van der Waals surface area contributed by atoms with Crippen LogP contribution in [0.2, 0.25) is 5.02 Å². The van der Waals surface area contributed by atoms with Crippen molar-refractivity contribution in [3.63, 3.8) is 0 Å². The first-order valence-electron chi connectivity index (χ1n) is 5.81. The summed E-state index contributed by atoms with van der Waals surface area (Å²) in [6.07, 6.45) is 1.22. The molecular weight excluding hydrogens is 296 g/mol. The number of carbonyl (C=O) groups is 1. The standard InChI is InChI=1S/C14H11ClN2O4/c15-9-1-4-12(19)8(5-9)7-16-17-14(21)11-3-2-10(18)6-13(11)20/h1-7,18-20H,(H,17,21)/b16-7+. The summed E-state index contributed by atoms with van der Waals surface area (Å²) < 4.78 is 0. The molecule has 6 nitrogen and oxygen atoms in total. The van der Waals surface area contributed by atoms with E-state index in [0.29, 0.717) is 10.6 Å². The number of hydrazone groups is 1. The van der Waals surface area contributed by atoms with Crippen molar-refractivity contribution in [2.75, 3.05) is 0 Å². The molecule has 7 heteroatoms. The Hall–Kier alpha value is -2.73. The second-order valence-electron chi connectivity index (χ2n) is 4.10. The normalized spacial score (nSPS) is 10.7. The third kappa shape index (κ3) is 3.64. The molecule has 0 spiro atoms. The van der Waals surface area contributed by atoms with E-state index in [0.717, 1.165) is 6.07 Å². The third-order valence-corrected chi connectivity index (χ3v) is 2.82. The summed E-state index contributed by atoms with van der Waals surface area (Å²) in [7, 11) is 0. The van der Waals surface area contributed by atoms with Crippen LogP contribution in [0.1, 0.15) is 15.9 Å². The van der Waals surface area contributed by atoms with E-state index < -0.39 is 5.91 Å². The molecule has 0 heterocycles. The SMILES string of the molecule is O=C(N/N=C/c1cc(Cl)ccc1O)c1ccc(O)cc1O. The zero-order valence-electron chi connectivity index (χ0n) is 10.6. The molecule has 0 aliphatic carbocycles. The highest BCUT2D eigenvalue weighted by Gasteiger charge is 2.10. The van der Waals surface area contributed by atoms with Gasteiger partial charge < -0.3 is 15.3 Å². The smallest absolute Gasteiger partial charge is 0.275 e. The van der Waals surface area contributed by atoms with Gasteiger partial charge in [-0.1, -0.05) is 11.6 Å². The largest absolute Gasteiger partial charge is 0.508 e. The predicted molar refractivity (Wildman–Crippen MR) is 77.9 cm³/mol. The average molecular weight is 307 g/mol. The van der Waals surface area contributed by atoms with Crippen molar-refractivity contribution in [1.82, 2.24) is 5.43 Å². The molecule has 108 valence electrons. The van der Waals surface area contributed by atoms with Gasteiger partial charge in [-0.15, -0.1) is 0 Å². The number of halogens is 1. The van der Waals surface area contributed by atoms with E-state index in [1.165, 1.54) is 36.5 Å². The van der Waals surface area contributed by atoms with Crippen LogP contribution in [0.4, 0.5) is 0 Å². The number of phenolic OH excluding ortho intramolecular Hbond substituents is 3. The lowest BCUT2D eigenvalue weighted by Crippen LogP contribution is -2.17. The van der Waals surface area contributed by atoms with Crippen LogP contribution in [0, 0.1) is 0 Å². The van der Waals surface area contributed by atoms with Crippen molar-refractivity contribution < 1.29 is 20.1 Å². The fourth-order valence-corrected chi connectivity index (χ4v) is 1.74. The Morgan fingerprint density at radius 3 is 2.57 bits per heavy atom. The summed E-state index contributed by atoms with van der Waals surface area (Å²) in [6, 6.07) is 7.96. The lowest BCUT2D eigenvalue weighted by molar-refractivity contribution is 0.0952. The molecule has 0 unspecified atom stereocenters. The molecule has 0 saturated heterocycles. The number of nitrogens with one attached hydrogen (secondary N) is 1.